The van der Waals surface area contributed by atoms with Gasteiger partial charge < -0.3 is 26.0 Å². The number of hydrogen-bond donors (Lipinski definition) is 4. The van der Waals surface area contributed by atoms with Crippen molar-refractivity contribution in [2.45, 2.75) is 5.03 Å². The minimum atomic E-state index is -0.524. The number of aromatic nitrogens is 5. The molecule has 5 N–H and O–H groups in total. The fourth-order valence-electron chi connectivity index (χ4n) is 3.45. The molecule has 0 radical (unpaired) electrons. The molecule has 0 bridgehead atoms. The molecule has 4 aromatic rings. The standard InChI is InChI=1S/C20H21N9O2S2/c1-32-18-14-16(26-20-22-10-13(33-20)15(21)30)24-19(25-17(14)27-28-18)23-11-2-4-12(5-3-11)29-6-8-31-9-7-29/h2-5,10H,6-9H2,1H3,(H2,21,30)(H3,22,23,24,25,26,27,28). The van der Waals surface area contributed by atoms with Gasteiger partial charge in [0.25, 0.3) is 5.91 Å². The quantitative estimate of drug-likeness (QED) is 0.289. The van der Waals surface area contributed by atoms with E-state index in [0.29, 0.717) is 27.4 Å². The van der Waals surface area contributed by atoms with Crippen LogP contribution in [0.15, 0.2) is 35.5 Å². The van der Waals surface area contributed by atoms with E-state index in [1.165, 1.54) is 18.0 Å². The van der Waals surface area contributed by atoms with Gasteiger partial charge in [0.1, 0.15) is 15.7 Å². The molecule has 0 saturated carbocycles. The Hall–Kier alpha value is -3.42. The summed E-state index contributed by atoms with van der Waals surface area (Å²) in [6.07, 6.45) is 3.36. The number of fused-ring (bicyclic) bond motifs is 1. The van der Waals surface area contributed by atoms with Gasteiger partial charge in [-0.1, -0.05) is 11.3 Å². The Morgan fingerprint density at radius 3 is 2.70 bits per heavy atom. The Labute approximate surface area is 197 Å². The number of primary amides is 1. The van der Waals surface area contributed by atoms with Crippen LogP contribution in [0.5, 0.6) is 0 Å². The highest BCUT2D eigenvalue weighted by Crippen LogP contribution is 2.33. The molecule has 1 aliphatic rings. The second-order valence-corrected chi connectivity index (χ2v) is 8.97. The number of nitrogens with zero attached hydrogens (tertiary/aromatic N) is 5. The first-order valence-electron chi connectivity index (χ1n) is 10.1. The molecule has 1 fully saturated rings. The number of nitrogens with one attached hydrogen (secondary N) is 3. The summed E-state index contributed by atoms with van der Waals surface area (Å²) in [5, 5.41) is 15.7. The molecule has 170 valence electrons. The van der Waals surface area contributed by atoms with Crippen molar-refractivity contribution < 1.29 is 9.53 Å². The Balaban J connectivity index is 1.42. The fourth-order valence-corrected chi connectivity index (χ4v) is 4.65. The van der Waals surface area contributed by atoms with E-state index in [1.807, 2.05) is 18.4 Å². The summed E-state index contributed by atoms with van der Waals surface area (Å²) in [6, 6.07) is 8.11. The minimum Gasteiger partial charge on any atom is -0.378 e. The zero-order chi connectivity index (χ0) is 22.8. The van der Waals surface area contributed by atoms with Crippen LogP contribution in [0.4, 0.5) is 28.3 Å². The Bertz CT molecular complexity index is 1280. The van der Waals surface area contributed by atoms with Crippen LogP contribution >= 0.6 is 23.1 Å². The van der Waals surface area contributed by atoms with Gasteiger partial charge in [-0.25, -0.2) is 4.98 Å². The third-order valence-electron chi connectivity index (χ3n) is 5.05. The van der Waals surface area contributed by atoms with Crippen molar-refractivity contribution in [2.24, 2.45) is 5.73 Å². The average molecular weight is 484 g/mol. The topological polar surface area (TPSA) is 147 Å². The van der Waals surface area contributed by atoms with Gasteiger partial charge in [-0.3, -0.25) is 9.89 Å². The third kappa shape index (κ3) is 4.55. The molecule has 1 saturated heterocycles. The maximum Gasteiger partial charge on any atom is 0.260 e. The Kier molecular flexibility index (Phi) is 5.98. The number of hydrogen-bond acceptors (Lipinski definition) is 11. The van der Waals surface area contributed by atoms with Crippen molar-refractivity contribution in [1.82, 2.24) is 25.1 Å². The van der Waals surface area contributed by atoms with Gasteiger partial charge in [-0.15, -0.1) is 11.8 Å². The molecular formula is C20H21N9O2S2. The van der Waals surface area contributed by atoms with Crippen LogP contribution in [-0.2, 0) is 4.74 Å². The van der Waals surface area contributed by atoms with Crippen LogP contribution in [0.2, 0.25) is 0 Å². The molecule has 11 nitrogen and oxygen atoms in total. The highest BCUT2D eigenvalue weighted by Gasteiger charge is 2.17. The number of H-pyrrole nitrogens is 1. The van der Waals surface area contributed by atoms with E-state index in [0.717, 1.165) is 59.4 Å². The van der Waals surface area contributed by atoms with E-state index in [1.54, 1.807) is 0 Å². The monoisotopic (exact) mass is 483 g/mol. The molecule has 3 aromatic heterocycles. The molecule has 0 unspecified atom stereocenters. The number of anilines is 5. The molecule has 0 atom stereocenters. The Morgan fingerprint density at radius 2 is 2.00 bits per heavy atom. The van der Waals surface area contributed by atoms with Crippen LogP contribution in [0.1, 0.15) is 9.67 Å². The van der Waals surface area contributed by atoms with E-state index in [2.05, 4.69) is 52.8 Å². The molecule has 5 rings (SSSR count). The zero-order valence-electron chi connectivity index (χ0n) is 17.7. The molecule has 1 amide bonds. The molecule has 4 heterocycles. The highest BCUT2D eigenvalue weighted by atomic mass is 32.2. The number of thiazole rings is 1. The predicted octanol–water partition coefficient (Wildman–Crippen LogP) is 2.95. The second kappa shape index (κ2) is 9.21. The maximum atomic E-state index is 11.4. The van der Waals surface area contributed by atoms with Gasteiger partial charge in [0.05, 0.1) is 24.8 Å². The molecule has 13 heteroatoms. The fraction of sp³-hybridized carbons (Fsp3) is 0.250. The Morgan fingerprint density at radius 1 is 1.21 bits per heavy atom. The van der Waals surface area contributed by atoms with Gasteiger partial charge in [0, 0.05) is 24.5 Å². The lowest BCUT2D eigenvalue weighted by Gasteiger charge is -2.28. The molecule has 1 aromatic carbocycles. The molecular weight excluding hydrogens is 462 g/mol. The zero-order valence-corrected chi connectivity index (χ0v) is 19.3. The van der Waals surface area contributed by atoms with Crippen molar-refractivity contribution in [3.63, 3.8) is 0 Å². The van der Waals surface area contributed by atoms with Crippen LogP contribution < -0.4 is 21.3 Å². The van der Waals surface area contributed by atoms with Crippen LogP contribution in [-0.4, -0.2) is 63.6 Å². The van der Waals surface area contributed by atoms with E-state index < -0.39 is 5.91 Å². The number of ether oxygens (including phenoxy) is 1. The number of carbonyl (C=O) groups is 1. The molecule has 0 aliphatic carbocycles. The van der Waals surface area contributed by atoms with Crippen molar-refractivity contribution in [3.05, 3.63) is 35.3 Å². The lowest BCUT2D eigenvalue weighted by atomic mass is 10.2. The number of morpholine rings is 1. The summed E-state index contributed by atoms with van der Waals surface area (Å²) in [4.78, 5) is 27.5. The lowest BCUT2D eigenvalue weighted by molar-refractivity contribution is 0.100. The minimum absolute atomic E-state index is 0.360. The summed E-state index contributed by atoms with van der Waals surface area (Å²) in [5.74, 6) is 0.396. The highest BCUT2D eigenvalue weighted by molar-refractivity contribution is 7.98. The van der Waals surface area contributed by atoms with E-state index in [-0.39, 0.29) is 0 Å². The van der Waals surface area contributed by atoms with E-state index in [9.17, 15) is 4.79 Å². The second-order valence-electron chi connectivity index (χ2n) is 7.14. The third-order valence-corrected chi connectivity index (χ3v) is 6.66. The van der Waals surface area contributed by atoms with Crippen LogP contribution in [0.25, 0.3) is 11.0 Å². The summed E-state index contributed by atoms with van der Waals surface area (Å²) in [7, 11) is 0. The first kappa shape index (κ1) is 21.4. The van der Waals surface area contributed by atoms with E-state index in [4.69, 9.17) is 10.5 Å². The first-order valence-corrected chi connectivity index (χ1v) is 12.2. The van der Waals surface area contributed by atoms with Crippen molar-refractivity contribution in [2.75, 3.05) is 48.1 Å². The van der Waals surface area contributed by atoms with Gasteiger partial charge in [-0.05, 0) is 30.5 Å². The summed E-state index contributed by atoms with van der Waals surface area (Å²) < 4.78 is 5.42. The van der Waals surface area contributed by atoms with Gasteiger partial charge in [-0.2, -0.15) is 15.1 Å². The van der Waals surface area contributed by atoms with E-state index >= 15 is 0 Å². The normalized spacial score (nSPS) is 13.9. The number of amides is 1. The number of thioether (sulfide) groups is 1. The summed E-state index contributed by atoms with van der Waals surface area (Å²) >= 11 is 2.63. The SMILES string of the molecule is CSc1n[nH]c2nc(Nc3ccc(N4CCOCC4)cc3)nc(Nc3ncc(C(N)=O)s3)c12. The van der Waals surface area contributed by atoms with Gasteiger partial charge in [0.2, 0.25) is 5.95 Å². The molecule has 0 spiro atoms. The van der Waals surface area contributed by atoms with Crippen LogP contribution in [0.3, 0.4) is 0 Å². The van der Waals surface area contributed by atoms with Crippen LogP contribution in [0, 0.1) is 0 Å². The maximum absolute atomic E-state index is 11.4. The first-order chi connectivity index (χ1) is 16.1. The van der Waals surface area contributed by atoms with Crippen molar-refractivity contribution >= 4 is 68.3 Å². The summed E-state index contributed by atoms with van der Waals surface area (Å²) in [6.45, 7) is 3.25. The van der Waals surface area contributed by atoms with Crippen molar-refractivity contribution in [1.29, 1.82) is 0 Å². The number of benzene rings is 1. The molecule has 33 heavy (non-hydrogen) atoms. The van der Waals surface area contributed by atoms with Crippen molar-refractivity contribution in [3.8, 4) is 0 Å². The number of nitrogens with two attached hydrogens (primary N) is 1. The number of aromatic amines is 1. The van der Waals surface area contributed by atoms with Gasteiger partial charge in [0.15, 0.2) is 10.8 Å². The number of carbonyl (C=O) groups excluding carboxylic acids is 1. The largest absolute Gasteiger partial charge is 0.378 e. The molecule has 1 aliphatic heterocycles. The predicted molar refractivity (Wildman–Crippen MR) is 130 cm³/mol. The number of rotatable bonds is 7. The van der Waals surface area contributed by atoms with Gasteiger partial charge >= 0.3 is 0 Å². The smallest absolute Gasteiger partial charge is 0.260 e. The lowest BCUT2D eigenvalue weighted by Crippen LogP contribution is -2.36. The summed E-state index contributed by atoms with van der Waals surface area (Å²) in [5.41, 5.74) is 7.93. The average Bonchev–Trinajstić information content (AvgIpc) is 3.47.